The van der Waals surface area contributed by atoms with E-state index in [0.717, 1.165) is 31.4 Å². The predicted molar refractivity (Wildman–Crippen MR) is 83.0 cm³/mol. The van der Waals surface area contributed by atoms with Gasteiger partial charge in [-0.05, 0) is 38.5 Å². The average Bonchev–Trinajstić information content (AvgIpc) is 3.10. The molecule has 0 aromatic carbocycles. The molecule has 22 heavy (non-hydrogen) atoms. The van der Waals surface area contributed by atoms with Crippen LogP contribution in [0.2, 0.25) is 0 Å². The molecule has 1 aromatic rings. The van der Waals surface area contributed by atoms with Crippen LogP contribution in [0.1, 0.15) is 81.3 Å². The summed E-state index contributed by atoms with van der Waals surface area (Å²) in [7, 11) is -3.15. The van der Waals surface area contributed by atoms with Crippen LogP contribution in [0, 0.1) is 0 Å². The standard InChI is InChI=1S/C16H24N2O3S/c19-22(20,13-8-9-13)18-10-4-7-15(18)16-17-14(11-21-16)12-5-2-1-3-6-12/h11-13,15H,1-10H2. The molecule has 2 aliphatic carbocycles. The molecule has 3 aliphatic rings. The van der Waals surface area contributed by atoms with Crippen LogP contribution in [0.3, 0.4) is 0 Å². The highest BCUT2D eigenvalue weighted by Gasteiger charge is 2.46. The van der Waals surface area contributed by atoms with Gasteiger partial charge in [-0.1, -0.05) is 19.3 Å². The van der Waals surface area contributed by atoms with E-state index in [4.69, 9.17) is 4.42 Å². The molecule has 5 nitrogen and oxygen atoms in total. The Bertz CT molecular complexity index is 630. The number of rotatable bonds is 4. The molecule has 0 bridgehead atoms. The second-order valence-electron chi connectivity index (χ2n) is 6.96. The molecular formula is C16H24N2O3S. The molecule has 122 valence electrons. The van der Waals surface area contributed by atoms with Crippen LogP contribution in [0.5, 0.6) is 0 Å². The normalized spacial score (nSPS) is 28.3. The topological polar surface area (TPSA) is 63.4 Å². The van der Waals surface area contributed by atoms with E-state index < -0.39 is 10.0 Å². The molecule has 0 amide bonds. The maximum atomic E-state index is 12.5. The van der Waals surface area contributed by atoms with Crippen molar-refractivity contribution in [2.24, 2.45) is 0 Å². The minimum absolute atomic E-state index is 0.152. The summed E-state index contributed by atoms with van der Waals surface area (Å²) in [6.45, 7) is 0.616. The molecule has 1 atom stereocenters. The molecule has 2 heterocycles. The van der Waals surface area contributed by atoms with Gasteiger partial charge in [0.1, 0.15) is 12.3 Å². The Morgan fingerprint density at radius 1 is 1.05 bits per heavy atom. The van der Waals surface area contributed by atoms with Gasteiger partial charge in [0.2, 0.25) is 15.9 Å². The molecule has 0 N–H and O–H groups in total. The number of sulfonamides is 1. The van der Waals surface area contributed by atoms with Crippen molar-refractivity contribution in [2.75, 3.05) is 6.54 Å². The Kier molecular flexibility index (Phi) is 3.77. The largest absolute Gasteiger partial charge is 0.447 e. The number of oxazole rings is 1. The van der Waals surface area contributed by atoms with Gasteiger partial charge in [0.15, 0.2) is 0 Å². The summed E-state index contributed by atoms with van der Waals surface area (Å²) in [5.74, 6) is 1.11. The maximum Gasteiger partial charge on any atom is 0.217 e. The lowest BCUT2D eigenvalue weighted by Gasteiger charge is -2.22. The zero-order valence-electron chi connectivity index (χ0n) is 12.9. The van der Waals surface area contributed by atoms with Crippen LogP contribution >= 0.6 is 0 Å². The lowest BCUT2D eigenvalue weighted by atomic mass is 9.87. The van der Waals surface area contributed by atoms with Crippen LogP contribution in [-0.2, 0) is 10.0 Å². The van der Waals surface area contributed by atoms with Gasteiger partial charge in [-0.25, -0.2) is 13.4 Å². The first-order valence-electron chi connectivity index (χ1n) is 8.62. The van der Waals surface area contributed by atoms with Gasteiger partial charge in [-0.3, -0.25) is 0 Å². The van der Waals surface area contributed by atoms with E-state index >= 15 is 0 Å². The first-order valence-corrected chi connectivity index (χ1v) is 10.1. The molecule has 1 aromatic heterocycles. The van der Waals surface area contributed by atoms with Crippen molar-refractivity contribution in [1.82, 2.24) is 9.29 Å². The van der Waals surface area contributed by atoms with E-state index in [0.29, 0.717) is 18.4 Å². The van der Waals surface area contributed by atoms with E-state index in [2.05, 4.69) is 4.98 Å². The first kappa shape index (κ1) is 14.7. The molecule has 1 saturated heterocycles. The number of hydrogen-bond acceptors (Lipinski definition) is 4. The fourth-order valence-electron chi connectivity index (χ4n) is 3.89. The number of nitrogens with zero attached hydrogens (tertiary/aromatic N) is 2. The molecule has 0 radical (unpaired) electrons. The fraction of sp³-hybridized carbons (Fsp3) is 0.812. The van der Waals surface area contributed by atoms with Crippen LogP contribution in [0.25, 0.3) is 0 Å². The Hall–Kier alpha value is -0.880. The van der Waals surface area contributed by atoms with Crippen molar-refractivity contribution in [2.45, 2.75) is 75.0 Å². The third kappa shape index (κ3) is 2.60. The molecule has 2 saturated carbocycles. The van der Waals surface area contributed by atoms with Crippen molar-refractivity contribution in [1.29, 1.82) is 0 Å². The van der Waals surface area contributed by atoms with Crippen molar-refractivity contribution in [3.8, 4) is 0 Å². The highest BCUT2D eigenvalue weighted by Crippen LogP contribution is 2.41. The minimum Gasteiger partial charge on any atom is -0.447 e. The molecule has 1 aliphatic heterocycles. The van der Waals surface area contributed by atoms with Gasteiger partial charge >= 0.3 is 0 Å². The SMILES string of the molecule is O=S(=O)(C1CC1)N1CCCC1c1nc(C2CCCCC2)co1. The highest BCUT2D eigenvalue weighted by molar-refractivity contribution is 7.90. The van der Waals surface area contributed by atoms with Gasteiger partial charge in [0.25, 0.3) is 0 Å². The lowest BCUT2D eigenvalue weighted by molar-refractivity contribution is 0.329. The average molecular weight is 324 g/mol. The molecule has 0 spiro atoms. The van der Waals surface area contributed by atoms with Crippen molar-refractivity contribution >= 4 is 10.0 Å². The van der Waals surface area contributed by atoms with Gasteiger partial charge < -0.3 is 4.42 Å². The Balaban J connectivity index is 1.54. The predicted octanol–water partition coefficient (Wildman–Crippen LogP) is 3.35. The lowest BCUT2D eigenvalue weighted by Crippen LogP contribution is -2.33. The van der Waals surface area contributed by atoms with E-state index in [1.54, 1.807) is 10.6 Å². The van der Waals surface area contributed by atoms with Gasteiger partial charge in [0.05, 0.1) is 10.9 Å². The molecule has 6 heteroatoms. The van der Waals surface area contributed by atoms with Gasteiger partial charge in [0, 0.05) is 12.5 Å². The molecule has 3 fully saturated rings. The Labute approximate surface area is 132 Å². The van der Waals surface area contributed by atoms with E-state index in [9.17, 15) is 8.42 Å². The first-order chi connectivity index (χ1) is 10.7. The summed E-state index contributed by atoms with van der Waals surface area (Å²) < 4.78 is 32.5. The van der Waals surface area contributed by atoms with Crippen LogP contribution < -0.4 is 0 Å². The van der Waals surface area contributed by atoms with Crippen LogP contribution in [0.4, 0.5) is 0 Å². The second-order valence-corrected chi connectivity index (χ2v) is 9.12. The van der Waals surface area contributed by atoms with Crippen molar-refractivity contribution in [3.05, 3.63) is 17.8 Å². The van der Waals surface area contributed by atoms with Crippen LogP contribution in [0.15, 0.2) is 10.7 Å². The monoisotopic (exact) mass is 324 g/mol. The van der Waals surface area contributed by atoms with E-state index in [1.807, 2.05) is 0 Å². The van der Waals surface area contributed by atoms with Crippen LogP contribution in [-0.4, -0.2) is 29.5 Å². The Morgan fingerprint density at radius 2 is 1.82 bits per heavy atom. The summed E-state index contributed by atoms with van der Waals surface area (Å²) >= 11 is 0. The summed E-state index contributed by atoms with van der Waals surface area (Å²) in [4.78, 5) is 4.69. The summed E-state index contributed by atoms with van der Waals surface area (Å²) in [6.07, 6.45) is 11.3. The zero-order valence-corrected chi connectivity index (χ0v) is 13.7. The molecule has 1 unspecified atom stereocenters. The molecular weight excluding hydrogens is 300 g/mol. The number of aromatic nitrogens is 1. The third-order valence-corrected chi connectivity index (χ3v) is 7.73. The summed E-state index contributed by atoms with van der Waals surface area (Å²) in [5.41, 5.74) is 1.03. The minimum atomic E-state index is -3.15. The highest BCUT2D eigenvalue weighted by atomic mass is 32.2. The second kappa shape index (κ2) is 5.64. The Morgan fingerprint density at radius 3 is 2.55 bits per heavy atom. The summed E-state index contributed by atoms with van der Waals surface area (Å²) in [5, 5.41) is -0.152. The van der Waals surface area contributed by atoms with Crippen molar-refractivity contribution in [3.63, 3.8) is 0 Å². The summed E-state index contributed by atoms with van der Waals surface area (Å²) in [6, 6.07) is -0.178. The van der Waals surface area contributed by atoms with E-state index in [-0.39, 0.29) is 11.3 Å². The number of hydrogen-bond donors (Lipinski definition) is 0. The zero-order chi connectivity index (χ0) is 15.2. The van der Waals surface area contributed by atoms with Gasteiger partial charge in [-0.15, -0.1) is 0 Å². The quantitative estimate of drug-likeness (QED) is 0.852. The van der Waals surface area contributed by atoms with Gasteiger partial charge in [-0.2, -0.15) is 4.31 Å². The molecule has 4 rings (SSSR count). The maximum absolute atomic E-state index is 12.5. The van der Waals surface area contributed by atoms with E-state index in [1.165, 1.54) is 32.1 Å². The smallest absolute Gasteiger partial charge is 0.217 e. The fourth-order valence-corrected chi connectivity index (χ4v) is 5.94. The third-order valence-electron chi connectivity index (χ3n) is 5.32. The van der Waals surface area contributed by atoms with Crippen molar-refractivity contribution < 1.29 is 12.8 Å².